The topological polar surface area (TPSA) is 54.9 Å². The van der Waals surface area contributed by atoms with Crippen LogP contribution >= 0.6 is 0 Å². The van der Waals surface area contributed by atoms with Crippen molar-refractivity contribution in [3.05, 3.63) is 83.4 Å². The number of rotatable bonds is 4. The highest BCUT2D eigenvalue weighted by molar-refractivity contribution is 5.94. The maximum Gasteiger partial charge on any atom is 0.254 e. The van der Waals surface area contributed by atoms with E-state index in [9.17, 15) is 18.0 Å². The summed E-state index contributed by atoms with van der Waals surface area (Å²) >= 11 is 0. The number of amides is 1. The zero-order valence-electron chi connectivity index (χ0n) is 12.8. The van der Waals surface area contributed by atoms with Gasteiger partial charge in [0.25, 0.3) is 5.91 Å². The lowest BCUT2D eigenvalue weighted by Crippen LogP contribution is -2.24. The first-order valence-corrected chi connectivity index (χ1v) is 7.34. The molecule has 0 bridgehead atoms. The molecule has 0 atom stereocenters. The third kappa shape index (κ3) is 3.65. The molecule has 0 unspecified atom stereocenters. The molecule has 7 heteroatoms. The van der Waals surface area contributed by atoms with Crippen LogP contribution in [0.3, 0.4) is 0 Å². The Hall–Kier alpha value is -3.22. The summed E-state index contributed by atoms with van der Waals surface area (Å²) < 4.78 is 39.7. The number of nitrogens with one attached hydrogen (secondary N) is 1. The molecule has 3 rings (SSSR count). The van der Waals surface area contributed by atoms with Crippen LogP contribution in [0.1, 0.15) is 15.9 Å². The molecule has 4 nitrogen and oxygen atoms in total. The van der Waals surface area contributed by atoms with E-state index in [1.165, 1.54) is 0 Å². The van der Waals surface area contributed by atoms with Gasteiger partial charge in [-0.05, 0) is 35.9 Å². The summed E-state index contributed by atoms with van der Waals surface area (Å²) in [4.78, 5) is 20.3. The van der Waals surface area contributed by atoms with Gasteiger partial charge in [-0.15, -0.1) is 0 Å². The van der Waals surface area contributed by atoms with E-state index in [1.54, 1.807) is 30.6 Å². The van der Waals surface area contributed by atoms with Crippen molar-refractivity contribution < 1.29 is 18.0 Å². The van der Waals surface area contributed by atoms with Crippen LogP contribution in [0.25, 0.3) is 11.4 Å². The molecule has 0 aliphatic carbocycles. The van der Waals surface area contributed by atoms with E-state index in [-0.39, 0.29) is 6.54 Å². The zero-order chi connectivity index (χ0) is 17.8. The number of hydrogen-bond donors (Lipinski definition) is 1. The summed E-state index contributed by atoms with van der Waals surface area (Å²) in [6, 6.07) is 10.5. The first-order chi connectivity index (χ1) is 12.1. The van der Waals surface area contributed by atoms with Crippen LogP contribution in [0, 0.1) is 17.5 Å². The van der Waals surface area contributed by atoms with Gasteiger partial charge in [0, 0.05) is 18.9 Å². The van der Waals surface area contributed by atoms with Gasteiger partial charge in [-0.3, -0.25) is 14.8 Å². The van der Waals surface area contributed by atoms with Crippen molar-refractivity contribution in [2.75, 3.05) is 0 Å². The van der Waals surface area contributed by atoms with Gasteiger partial charge in [-0.1, -0.05) is 12.1 Å². The zero-order valence-corrected chi connectivity index (χ0v) is 12.8. The summed E-state index contributed by atoms with van der Waals surface area (Å²) in [6.07, 6.45) is 3.20. The van der Waals surface area contributed by atoms with Gasteiger partial charge in [0.15, 0.2) is 17.5 Å². The summed E-state index contributed by atoms with van der Waals surface area (Å²) in [6.45, 7) is 0.0623. The second-order valence-electron chi connectivity index (χ2n) is 5.17. The van der Waals surface area contributed by atoms with Crippen molar-refractivity contribution in [3.8, 4) is 11.4 Å². The van der Waals surface area contributed by atoms with Crippen molar-refractivity contribution in [2.45, 2.75) is 6.54 Å². The lowest BCUT2D eigenvalue weighted by Gasteiger charge is -2.07. The Bertz CT molecular complexity index is 899. The van der Waals surface area contributed by atoms with E-state index in [0.717, 1.165) is 6.07 Å². The van der Waals surface area contributed by atoms with Crippen LogP contribution < -0.4 is 5.32 Å². The molecule has 0 aliphatic rings. The Labute approximate surface area is 141 Å². The lowest BCUT2D eigenvalue weighted by molar-refractivity contribution is 0.0945. The smallest absolute Gasteiger partial charge is 0.254 e. The minimum atomic E-state index is -1.67. The number of halogens is 3. The standard InChI is InChI=1S/C18H12F3N3O/c19-13-6-5-12(16(20)17(13)21)18(25)24-10-11-4-7-15(23-9-11)14-3-1-2-8-22-14/h1-9H,10H2,(H,24,25). The predicted molar refractivity (Wildman–Crippen MR) is 85.0 cm³/mol. The maximum absolute atomic E-state index is 13.6. The van der Waals surface area contributed by atoms with Gasteiger partial charge in [-0.25, -0.2) is 13.2 Å². The fraction of sp³-hybridized carbons (Fsp3) is 0.0556. The molecule has 3 aromatic rings. The van der Waals surface area contributed by atoms with Gasteiger partial charge in [0.05, 0.1) is 17.0 Å². The average molecular weight is 343 g/mol. The van der Waals surface area contributed by atoms with Crippen molar-refractivity contribution in [1.29, 1.82) is 0 Å². The molecular weight excluding hydrogens is 331 g/mol. The number of pyridine rings is 2. The number of carbonyl (C=O) groups excluding carboxylic acids is 1. The normalized spacial score (nSPS) is 10.5. The molecule has 0 saturated heterocycles. The van der Waals surface area contributed by atoms with E-state index in [1.807, 2.05) is 12.1 Å². The Morgan fingerprint density at radius 1 is 0.920 bits per heavy atom. The van der Waals surface area contributed by atoms with Crippen LogP contribution in [0.15, 0.2) is 54.9 Å². The molecule has 1 aromatic carbocycles. The molecule has 25 heavy (non-hydrogen) atoms. The van der Waals surface area contributed by atoms with Gasteiger partial charge >= 0.3 is 0 Å². The minimum Gasteiger partial charge on any atom is -0.348 e. The molecule has 1 N–H and O–H groups in total. The molecule has 0 spiro atoms. The quantitative estimate of drug-likeness (QED) is 0.738. The lowest BCUT2D eigenvalue weighted by atomic mass is 10.1. The van der Waals surface area contributed by atoms with E-state index in [0.29, 0.717) is 23.0 Å². The van der Waals surface area contributed by atoms with Crippen LogP contribution in [0.2, 0.25) is 0 Å². The maximum atomic E-state index is 13.6. The first-order valence-electron chi connectivity index (χ1n) is 7.34. The van der Waals surface area contributed by atoms with Gasteiger partial charge in [0.2, 0.25) is 0 Å². The number of carbonyl (C=O) groups is 1. The number of benzene rings is 1. The molecule has 1 amide bonds. The summed E-state index contributed by atoms with van der Waals surface area (Å²) in [5.41, 5.74) is 1.48. The highest BCUT2D eigenvalue weighted by Gasteiger charge is 2.18. The largest absolute Gasteiger partial charge is 0.348 e. The molecule has 0 fully saturated rings. The van der Waals surface area contributed by atoms with Crippen molar-refractivity contribution in [3.63, 3.8) is 0 Å². The summed E-state index contributed by atoms with van der Waals surface area (Å²) in [5.74, 6) is -5.37. The van der Waals surface area contributed by atoms with Gasteiger partial charge < -0.3 is 5.32 Å². The minimum absolute atomic E-state index is 0.0623. The van der Waals surface area contributed by atoms with E-state index in [2.05, 4.69) is 15.3 Å². The molecule has 2 heterocycles. The molecule has 126 valence electrons. The van der Waals surface area contributed by atoms with Crippen LogP contribution in [0.4, 0.5) is 13.2 Å². The second-order valence-corrected chi connectivity index (χ2v) is 5.17. The highest BCUT2D eigenvalue weighted by Crippen LogP contribution is 2.16. The third-order valence-electron chi connectivity index (χ3n) is 3.48. The molecule has 0 saturated carbocycles. The Morgan fingerprint density at radius 2 is 1.72 bits per heavy atom. The second kappa shape index (κ2) is 7.12. The van der Waals surface area contributed by atoms with Gasteiger partial charge in [-0.2, -0.15) is 0 Å². The van der Waals surface area contributed by atoms with E-state index < -0.39 is 28.9 Å². The van der Waals surface area contributed by atoms with Crippen LogP contribution in [0.5, 0.6) is 0 Å². The predicted octanol–water partition coefficient (Wildman–Crippen LogP) is 3.49. The number of hydrogen-bond acceptors (Lipinski definition) is 3. The fourth-order valence-electron chi connectivity index (χ4n) is 2.17. The Balaban J connectivity index is 1.68. The molecular formula is C18H12F3N3O. The Kier molecular flexibility index (Phi) is 4.74. The van der Waals surface area contributed by atoms with Crippen LogP contribution in [-0.2, 0) is 6.54 Å². The summed E-state index contributed by atoms with van der Waals surface area (Å²) in [5, 5.41) is 2.44. The average Bonchev–Trinajstić information content (AvgIpc) is 2.65. The van der Waals surface area contributed by atoms with Crippen molar-refractivity contribution in [1.82, 2.24) is 15.3 Å². The molecule has 0 aliphatic heterocycles. The monoisotopic (exact) mass is 343 g/mol. The number of aromatic nitrogens is 2. The van der Waals surface area contributed by atoms with E-state index in [4.69, 9.17) is 0 Å². The number of nitrogens with zero attached hydrogens (tertiary/aromatic N) is 2. The third-order valence-corrected chi connectivity index (χ3v) is 3.48. The van der Waals surface area contributed by atoms with Gasteiger partial charge in [0.1, 0.15) is 0 Å². The van der Waals surface area contributed by atoms with Crippen LogP contribution in [-0.4, -0.2) is 15.9 Å². The molecule has 2 aromatic heterocycles. The fourth-order valence-corrected chi connectivity index (χ4v) is 2.17. The van der Waals surface area contributed by atoms with Crippen molar-refractivity contribution >= 4 is 5.91 Å². The highest BCUT2D eigenvalue weighted by atomic mass is 19.2. The van der Waals surface area contributed by atoms with E-state index >= 15 is 0 Å². The van der Waals surface area contributed by atoms with Crippen molar-refractivity contribution in [2.24, 2.45) is 0 Å². The first kappa shape index (κ1) is 16.6. The summed E-state index contributed by atoms with van der Waals surface area (Å²) in [7, 11) is 0. The molecule has 0 radical (unpaired) electrons. The Morgan fingerprint density at radius 3 is 2.40 bits per heavy atom. The SMILES string of the molecule is O=C(NCc1ccc(-c2ccccn2)nc1)c1ccc(F)c(F)c1F.